The lowest BCUT2D eigenvalue weighted by molar-refractivity contribution is 0.195. The van der Waals surface area contributed by atoms with Crippen molar-refractivity contribution in [1.82, 2.24) is 0 Å². The maximum atomic E-state index is 11.1. The summed E-state index contributed by atoms with van der Waals surface area (Å²) in [6.45, 7) is 7.14. The molecule has 0 amide bonds. The smallest absolute Gasteiger partial charge is 0.178 e. The molecule has 0 aliphatic rings. The number of hydrogen-bond donors (Lipinski definition) is 4. The number of rotatable bonds is 14. The van der Waals surface area contributed by atoms with Crippen LogP contribution in [0.2, 0.25) is 0 Å². The molecule has 0 saturated heterocycles. The molecule has 0 aliphatic carbocycles. The van der Waals surface area contributed by atoms with E-state index < -0.39 is 24.4 Å². The molecule has 7 nitrogen and oxygen atoms in total. The fourth-order valence-corrected chi connectivity index (χ4v) is 8.55. The Bertz CT molecular complexity index is 2570. The van der Waals surface area contributed by atoms with Crippen molar-refractivity contribution >= 4 is 43.1 Å². The SMILES string of the molecule is CC(O)Cc1c2ccccc2c(CC(C)O)c2c(Oc3c(Oc4ccccc4)ccc4c(CC(C)O)c5ccccc5c(CC(C)O)c34)c(Oc3ccccc3)ccc12. The molecule has 0 spiro atoms. The monoisotopic (exact) mass is 786 g/mol. The molecule has 0 fully saturated rings. The average molecular weight is 787 g/mol. The van der Waals surface area contributed by atoms with Crippen LogP contribution in [-0.4, -0.2) is 44.8 Å². The molecule has 59 heavy (non-hydrogen) atoms. The van der Waals surface area contributed by atoms with Gasteiger partial charge >= 0.3 is 0 Å². The largest absolute Gasteiger partial charge is 0.453 e. The third-order valence-corrected chi connectivity index (χ3v) is 10.8. The van der Waals surface area contributed by atoms with Crippen LogP contribution in [0.3, 0.4) is 0 Å². The Hall–Kier alpha value is -5.96. The molecule has 0 radical (unpaired) electrons. The Morgan fingerprint density at radius 2 is 0.644 bits per heavy atom. The summed E-state index contributed by atoms with van der Waals surface area (Å²) in [5, 5.41) is 51.2. The summed E-state index contributed by atoms with van der Waals surface area (Å²) in [7, 11) is 0. The van der Waals surface area contributed by atoms with Crippen LogP contribution >= 0.6 is 0 Å². The van der Waals surface area contributed by atoms with Gasteiger partial charge < -0.3 is 34.6 Å². The Kier molecular flexibility index (Phi) is 11.5. The van der Waals surface area contributed by atoms with Crippen LogP contribution in [0.5, 0.6) is 34.5 Å². The van der Waals surface area contributed by atoms with Gasteiger partial charge in [0.05, 0.1) is 24.4 Å². The maximum Gasteiger partial charge on any atom is 0.178 e. The van der Waals surface area contributed by atoms with Gasteiger partial charge in [0.1, 0.15) is 11.5 Å². The van der Waals surface area contributed by atoms with Gasteiger partial charge in [0, 0.05) is 10.8 Å². The van der Waals surface area contributed by atoms with E-state index in [0.29, 0.717) is 60.2 Å². The fraction of sp³-hybridized carbons (Fsp3) is 0.231. The Balaban J connectivity index is 1.54. The van der Waals surface area contributed by atoms with Crippen LogP contribution in [0.4, 0.5) is 0 Å². The van der Waals surface area contributed by atoms with Gasteiger partial charge in [0.2, 0.25) is 0 Å². The van der Waals surface area contributed by atoms with Crippen molar-refractivity contribution in [3.8, 4) is 34.5 Å². The second-order valence-corrected chi connectivity index (χ2v) is 15.8. The molecular formula is C52H50O7. The number of para-hydroxylation sites is 2. The van der Waals surface area contributed by atoms with Crippen LogP contribution < -0.4 is 14.2 Å². The zero-order valence-electron chi connectivity index (χ0n) is 33.9. The minimum absolute atomic E-state index is 0.316. The molecule has 8 aromatic rings. The molecule has 0 aliphatic heterocycles. The Labute approximate surface area is 344 Å². The summed E-state index contributed by atoms with van der Waals surface area (Å²) in [6.07, 6.45) is -1.27. The van der Waals surface area contributed by atoms with E-state index in [1.54, 1.807) is 27.7 Å². The standard InChI is InChI=1S/C52H50O7/c1-31(53)27-43-37-19-11-13-21-39(37)45(29-33(3)55)49-41(43)23-25-47(57-35-15-7-5-8-16-35)51(49)59-52-48(58-36-17-9-6-10-18-36)26-24-42-44(28-32(2)54)38-20-12-14-22-40(38)46(50(42)52)30-34(4)56/h5-26,31-34,53-56H,27-30H2,1-4H3. The Morgan fingerprint density at radius 3 is 0.983 bits per heavy atom. The first-order valence-electron chi connectivity index (χ1n) is 20.4. The highest BCUT2D eigenvalue weighted by molar-refractivity contribution is 6.11. The van der Waals surface area contributed by atoms with Crippen LogP contribution in [-0.2, 0) is 25.7 Å². The van der Waals surface area contributed by atoms with Crippen molar-refractivity contribution in [2.45, 2.75) is 77.8 Å². The van der Waals surface area contributed by atoms with Crippen LogP contribution in [0.25, 0.3) is 43.1 Å². The van der Waals surface area contributed by atoms with E-state index in [4.69, 9.17) is 14.2 Å². The highest BCUT2D eigenvalue weighted by atomic mass is 16.5. The van der Waals surface area contributed by atoms with Crippen molar-refractivity contribution in [2.24, 2.45) is 0 Å². The predicted octanol–water partition coefficient (Wildman–Crippen LogP) is 11.4. The minimum Gasteiger partial charge on any atom is -0.453 e. The molecule has 300 valence electrons. The van der Waals surface area contributed by atoms with Crippen molar-refractivity contribution in [3.05, 3.63) is 156 Å². The van der Waals surface area contributed by atoms with Crippen LogP contribution in [0, 0.1) is 0 Å². The van der Waals surface area contributed by atoms with Gasteiger partial charge in [-0.05, 0) is 144 Å². The van der Waals surface area contributed by atoms with E-state index in [1.807, 2.05) is 109 Å². The molecule has 4 unspecified atom stereocenters. The average Bonchev–Trinajstić information content (AvgIpc) is 3.21. The zero-order valence-corrected chi connectivity index (χ0v) is 33.9. The first kappa shape index (κ1) is 39.8. The second kappa shape index (κ2) is 17.1. The van der Waals surface area contributed by atoms with Gasteiger partial charge in [0.25, 0.3) is 0 Å². The van der Waals surface area contributed by atoms with Crippen LogP contribution in [0.1, 0.15) is 49.9 Å². The van der Waals surface area contributed by atoms with Crippen molar-refractivity contribution in [2.75, 3.05) is 0 Å². The van der Waals surface area contributed by atoms with E-state index in [1.165, 1.54) is 0 Å². The topological polar surface area (TPSA) is 109 Å². The molecule has 0 saturated carbocycles. The maximum absolute atomic E-state index is 11.1. The van der Waals surface area contributed by atoms with E-state index in [2.05, 4.69) is 24.3 Å². The first-order valence-corrected chi connectivity index (χ1v) is 20.4. The third-order valence-electron chi connectivity index (χ3n) is 10.8. The van der Waals surface area contributed by atoms with E-state index in [0.717, 1.165) is 65.3 Å². The highest BCUT2D eigenvalue weighted by Gasteiger charge is 2.27. The number of ether oxygens (including phenoxy) is 3. The lowest BCUT2D eigenvalue weighted by Crippen LogP contribution is -2.11. The Morgan fingerprint density at radius 1 is 0.339 bits per heavy atom. The quantitative estimate of drug-likeness (QED) is 0.0813. The molecule has 4 N–H and O–H groups in total. The van der Waals surface area contributed by atoms with Gasteiger partial charge in [-0.15, -0.1) is 0 Å². The molecule has 0 aromatic heterocycles. The lowest BCUT2D eigenvalue weighted by atomic mass is 9.86. The second-order valence-electron chi connectivity index (χ2n) is 15.8. The number of aliphatic hydroxyl groups is 4. The highest BCUT2D eigenvalue weighted by Crippen LogP contribution is 2.52. The molecular weight excluding hydrogens is 737 g/mol. The first-order chi connectivity index (χ1) is 28.6. The van der Waals surface area contributed by atoms with Gasteiger partial charge in [-0.2, -0.15) is 0 Å². The molecule has 4 atom stereocenters. The fourth-order valence-electron chi connectivity index (χ4n) is 8.55. The summed E-state index contributed by atoms with van der Waals surface area (Å²) in [6, 6.07) is 43.2. The van der Waals surface area contributed by atoms with E-state index >= 15 is 0 Å². The number of aliphatic hydroxyl groups excluding tert-OH is 4. The molecule has 8 aromatic carbocycles. The summed E-state index contributed by atoms with van der Waals surface area (Å²) < 4.78 is 21.0. The zero-order chi connectivity index (χ0) is 41.2. The summed E-state index contributed by atoms with van der Waals surface area (Å²) >= 11 is 0. The number of fused-ring (bicyclic) bond motifs is 4. The molecule has 0 heterocycles. The normalized spacial score (nSPS) is 13.8. The summed E-state index contributed by atoms with van der Waals surface area (Å²) in [5.74, 6) is 2.93. The van der Waals surface area contributed by atoms with Gasteiger partial charge in [0.15, 0.2) is 23.0 Å². The molecule has 0 bridgehead atoms. The van der Waals surface area contributed by atoms with Gasteiger partial charge in [-0.3, -0.25) is 0 Å². The van der Waals surface area contributed by atoms with Crippen LogP contribution in [0.15, 0.2) is 133 Å². The van der Waals surface area contributed by atoms with Gasteiger partial charge in [-0.25, -0.2) is 0 Å². The molecule has 7 heteroatoms. The summed E-state index contributed by atoms with van der Waals surface area (Å²) in [5.41, 5.74) is 3.66. The van der Waals surface area contributed by atoms with Crippen molar-refractivity contribution in [3.63, 3.8) is 0 Å². The third kappa shape index (κ3) is 8.20. The van der Waals surface area contributed by atoms with Gasteiger partial charge in [-0.1, -0.05) is 97.1 Å². The number of benzene rings is 8. The number of hydrogen-bond acceptors (Lipinski definition) is 7. The summed E-state index contributed by atoms with van der Waals surface area (Å²) in [4.78, 5) is 0. The van der Waals surface area contributed by atoms with E-state index in [-0.39, 0.29) is 0 Å². The van der Waals surface area contributed by atoms with Crippen molar-refractivity contribution in [1.29, 1.82) is 0 Å². The van der Waals surface area contributed by atoms with Crippen molar-refractivity contribution < 1.29 is 34.6 Å². The lowest BCUT2D eigenvalue weighted by Gasteiger charge is -2.25. The predicted molar refractivity (Wildman–Crippen MR) is 238 cm³/mol. The molecule has 8 rings (SSSR count). The minimum atomic E-state index is -0.697. The van der Waals surface area contributed by atoms with E-state index in [9.17, 15) is 20.4 Å².